The number of methoxy groups -OCH3 is 2. The number of carbonyl (C=O) groups is 1. The summed E-state index contributed by atoms with van der Waals surface area (Å²) in [6, 6.07) is 0. The van der Waals surface area contributed by atoms with Gasteiger partial charge in [0, 0.05) is 38.9 Å². The number of Topliss-reactive ketones (excluding diaryl/α,β-unsaturated/α-hetero) is 1. The maximum absolute atomic E-state index is 12.5. The van der Waals surface area contributed by atoms with Crippen LogP contribution in [-0.2, 0) is 14.3 Å². The standard InChI is InChI=1S/C21H34O3/c1-19-11-12-21(23-3,24-4)13-14(19)5-6-15-16-7-8-18(22)20(16,2)10-9-17(15)19/h14-17H,5-13H2,1-4H3/t14-,15+,16+,17+,19+,20+/m1/s1. The Bertz CT molecular complexity index is 525. The van der Waals surface area contributed by atoms with Crippen LogP contribution in [0.3, 0.4) is 0 Å². The zero-order valence-corrected chi connectivity index (χ0v) is 15.9. The van der Waals surface area contributed by atoms with Crippen molar-refractivity contribution < 1.29 is 14.3 Å². The van der Waals surface area contributed by atoms with Crippen molar-refractivity contribution in [2.75, 3.05) is 14.2 Å². The number of fused-ring (bicyclic) bond motifs is 5. The molecule has 0 aromatic rings. The summed E-state index contributed by atoms with van der Waals surface area (Å²) in [5.41, 5.74) is 0.415. The van der Waals surface area contributed by atoms with E-state index < -0.39 is 0 Å². The van der Waals surface area contributed by atoms with Crippen LogP contribution in [0.1, 0.15) is 71.6 Å². The van der Waals surface area contributed by atoms with E-state index in [2.05, 4.69) is 13.8 Å². The number of hydrogen-bond acceptors (Lipinski definition) is 3. The van der Waals surface area contributed by atoms with Crippen LogP contribution >= 0.6 is 0 Å². The van der Waals surface area contributed by atoms with Gasteiger partial charge in [-0.25, -0.2) is 0 Å². The number of hydrogen-bond donors (Lipinski definition) is 0. The monoisotopic (exact) mass is 334 g/mol. The molecule has 0 aliphatic heterocycles. The molecular weight excluding hydrogens is 300 g/mol. The zero-order chi connectivity index (χ0) is 17.2. The first-order valence-electron chi connectivity index (χ1n) is 10.0. The topological polar surface area (TPSA) is 35.5 Å². The summed E-state index contributed by atoms with van der Waals surface area (Å²) in [5.74, 6) is 3.12. The van der Waals surface area contributed by atoms with Gasteiger partial charge in [0.1, 0.15) is 5.78 Å². The van der Waals surface area contributed by atoms with Gasteiger partial charge in [-0.15, -0.1) is 0 Å². The van der Waals surface area contributed by atoms with E-state index in [-0.39, 0.29) is 11.2 Å². The molecule has 4 fully saturated rings. The molecule has 3 nitrogen and oxygen atoms in total. The Labute approximate surface area is 146 Å². The SMILES string of the molecule is COC1(OC)CC[C@@]2(C)[C@H](CC[C@@H]3[C@@H]2CC[C@]2(C)C(=O)CC[C@@H]32)C1. The van der Waals surface area contributed by atoms with E-state index in [1.807, 2.05) is 0 Å². The van der Waals surface area contributed by atoms with Gasteiger partial charge < -0.3 is 9.47 Å². The molecule has 0 unspecified atom stereocenters. The van der Waals surface area contributed by atoms with Crippen LogP contribution in [0.25, 0.3) is 0 Å². The molecule has 6 atom stereocenters. The van der Waals surface area contributed by atoms with Crippen LogP contribution in [0.4, 0.5) is 0 Å². The average molecular weight is 335 g/mol. The van der Waals surface area contributed by atoms with Crippen LogP contribution in [0, 0.1) is 34.5 Å². The number of ketones is 1. The average Bonchev–Trinajstić information content (AvgIpc) is 2.90. The molecule has 0 radical (unpaired) electrons. The minimum atomic E-state index is -0.358. The highest BCUT2D eigenvalue weighted by Gasteiger charge is 2.61. The summed E-state index contributed by atoms with van der Waals surface area (Å²) >= 11 is 0. The molecular formula is C21H34O3. The Hall–Kier alpha value is -0.410. The molecule has 4 aliphatic carbocycles. The Morgan fingerprint density at radius 3 is 2.38 bits per heavy atom. The smallest absolute Gasteiger partial charge is 0.167 e. The third-order valence-corrected chi connectivity index (χ3v) is 9.12. The van der Waals surface area contributed by atoms with Crippen molar-refractivity contribution in [2.24, 2.45) is 34.5 Å². The zero-order valence-electron chi connectivity index (χ0n) is 15.9. The number of ether oxygens (including phenoxy) is 2. The number of rotatable bonds is 2. The predicted molar refractivity (Wildman–Crippen MR) is 93.5 cm³/mol. The lowest BCUT2D eigenvalue weighted by atomic mass is 9.45. The quantitative estimate of drug-likeness (QED) is 0.693. The maximum atomic E-state index is 12.5. The van der Waals surface area contributed by atoms with Crippen molar-refractivity contribution >= 4 is 5.78 Å². The Morgan fingerprint density at radius 2 is 1.67 bits per heavy atom. The van der Waals surface area contributed by atoms with Crippen LogP contribution in [0.2, 0.25) is 0 Å². The van der Waals surface area contributed by atoms with Crippen LogP contribution in [0.5, 0.6) is 0 Å². The largest absolute Gasteiger partial charge is 0.353 e. The summed E-state index contributed by atoms with van der Waals surface area (Å²) in [6.45, 7) is 4.82. The molecule has 0 heterocycles. The van der Waals surface area contributed by atoms with Gasteiger partial charge >= 0.3 is 0 Å². The minimum absolute atomic E-state index is 0.00183. The number of carbonyl (C=O) groups excluding carboxylic acids is 1. The molecule has 136 valence electrons. The first-order chi connectivity index (χ1) is 11.4. The molecule has 4 saturated carbocycles. The summed E-state index contributed by atoms with van der Waals surface area (Å²) in [7, 11) is 3.60. The first-order valence-corrected chi connectivity index (χ1v) is 10.0. The van der Waals surface area contributed by atoms with Crippen molar-refractivity contribution in [3.63, 3.8) is 0 Å². The van der Waals surface area contributed by atoms with Gasteiger partial charge in [-0.2, -0.15) is 0 Å². The molecule has 4 rings (SSSR count). The molecule has 4 aliphatic rings. The lowest BCUT2D eigenvalue weighted by Crippen LogP contribution is -2.56. The fourth-order valence-corrected chi connectivity index (χ4v) is 7.42. The van der Waals surface area contributed by atoms with Gasteiger partial charge in [-0.1, -0.05) is 13.8 Å². The third-order valence-electron chi connectivity index (χ3n) is 9.12. The predicted octanol–water partition coefficient (Wildman–Crippen LogP) is 4.59. The second-order valence-electron chi connectivity index (χ2n) is 9.60. The highest BCUT2D eigenvalue weighted by molar-refractivity contribution is 5.87. The van der Waals surface area contributed by atoms with Crippen LogP contribution in [0.15, 0.2) is 0 Å². The van der Waals surface area contributed by atoms with E-state index in [1.54, 1.807) is 14.2 Å². The summed E-state index contributed by atoms with van der Waals surface area (Å²) < 4.78 is 11.6. The second-order valence-corrected chi connectivity index (χ2v) is 9.60. The highest BCUT2D eigenvalue weighted by Crippen LogP contribution is 2.66. The van der Waals surface area contributed by atoms with Crippen molar-refractivity contribution in [2.45, 2.75) is 77.4 Å². The molecule has 0 N–H and O–H groups in total. The molecule has 0 aromatic carbocycles. The van der Waals surface area contributed by atoms with Crippen molar-refractivity contribution in [1.29, 1.82) is 0 Å². The van der Waals surface area contributed by atoms with Gasteiger partial charge in [-0.3, -0.25) is 4.79 Å². The first kappa shape index (κ1) is 17.0. The molecule has 24 heavy (non-hydrogen) atoms. The fourth-order valence-electron chi connectivity index (χ4n) is 7.42. The Morgan fingerprint density at radius 1 is 0.917 bits per heavy atom. The van der Waals surface area contributed by atoms with E-state index >= 15 is 0 Å². The van der Waals surface area contributed by atoms with Gasteiger partial charge in [0.2, 0.25) is 0 Å². The van der Waals surface area contributed by atoms with Crippen molar-refractivity contribution in [1.82, 2.24) is 0 Å². The van der Waals surface area contributed by atoms with E-state index in [0.29, 0.717) is 23.0 Å². The maximum Gasteiger partial charge on any atom is 0.167 e. The van der Waals surface area contributed by atoms with Gasteiger partial charge in [0.15, 0.2) is 5.79 Å². The molecule has 3 heteroatoms. The molecule has 0 saturated heterocycles. The van der Waals surface area contributed by atoms with Crippen LogP contribution < -0.4 is 0 Å². The fraction of sp³-hybridized carbons (Fsp3) is 0.952. The molecule has 0 spiro atoms. The molecule has 0 aromatic heterocycles. The van der Waals surface area contributed by atoms with E-state index in [9.17, 15) is 4.79 Å². The van der Waals surface area contributed by atoms with Gasteiger partial charge in [0.25, 0.3) is 0 Å². The van der Waals surface area contributed by atoms with E-state index in [4.69, 9.17) is 9.47 Å². The van der Waals surface area contributed by atoms with E-state index in [1.165, 1.54) is 25.7 Å². The third kappa shape index (κ3) is 2.13. The van der Waals surface area contributed by atoms with Crippen molar-refractivity contribution in [3.8, 4) is 0 Å². The highest BCUT2D eigenvalue weighted by atomic mass is 16.7. The summed E-state index contributed by atoms with van der Waals surface area (Å²) in [4.78, 5) is 12.5. The van der Waals surface area contributed by atoms with E-state index in [0.717, 1.165) is 43.9 Å². The summed E-state index contributed by atoms with van der Waals surface area (Å²) in [6.07, 6.45) is 10.2. The Kier molecular flexibility index (Phi) is 3.93. The van der Waals surface area contributed by atoms with Gasteiger partial charge in [-0.05, 0) is 67.6 Å². The summed E-state index contributed by atoms with van der Waals surface area (Å²) in [5, 5.41) is 0. The van der Waals surface area contributed by atoms with Crippen LogP contribution in [-0.4, -0.2) is 25.8 Å². The van der Waals surface area contributed by atoms with Crippen molar-refractivity contribution in [3.05, 3.63) is 0 Å². The minimum Gasteiger partial charge on any atom is -0.353 e. The second kappa shape index (κ2) is 5.54. The molecule has 0 bridgehead atoms. The van der Waals surface area contributed by atoms with Gasteiger partial charge in [0.05, 0.1) is 0 Å². The normalized spacial score (nSPS) is 50.1. The molecule has 0 amide bonds. The Balaban J connectivity index is 1.60. The lowest BCUT2D eigenvalue weighted by Gasteiger charge is -2.61. The lowest BCUT2D eigenvalue weighted by molar-refractivity contribution is -0.261.